The normalized spacial score (nSPS) is 17.8. The first-order valence-electron chi connectivity index (χ1n) is 14.4. The second-order valence-corrected chi connectivity index (χ2v) is 13.5. The van der Waals surface area contributed by atoms with Gasteiger partial charge in [-0.15, -0.1) is 0 Å². The molecule has 12 heteroatoms. The van der Waals surface area contributed by atoms with Gasteiger partial charge in [-0.25, -0.2) is 22.6 Å². The number of Topliss-reactive ketones (excluding diaryl/α,β-unsaturated/α-hetero) is 1. The lowest BCUT2D eigenvalue weighted by atomic mass is 9.91. The number of halogens is 1. The average molecular weight is 619 g/mol. The Kier molecular flexibility index (Phi) is 7.70. The number of benzene rings is 3. The first-order valence-corrected chi connectivity index (χ1v) is 15.9. The van der Waals surface area contributed by atoms with Crippen LogP contribution in [-0.2, 0) is 32.2 Å². The number of hydrogen-bond donors (Lipinski definition) is 3. The second-order valence-electron chi connectivity index (χ2n) is 11.3. The minimum Gasteiger partial charge on any atom is -0.449 e. The summed E-state index contributed by atoms with van der Waals surface area (Å²) in [6.45, 7) is 3.87. The first-order chi connectivity index (χ1) is 21.0. The van der Waals surface area contributed by atoms with Crippen LogP contribution in [0.4, 0.5) is 20.6 Å². The molecule has 0 saturated heterocycles. The number of ketones is 1. The molecular formula is C32H31FN4O6S. The number of aryl methyl sites for hydroxylation is 3. The van der Waals surface area contributed by atoms with Crippen molar-refractivity contribution in [3.05, 3.63) is 92.8 Å². The number of sulfone groups is 1. The Morgan fingerprint density at radius 3 is 2.45 bits per heavy atom. The van der Waals surface area contributed by atoms with Crippen LogP contribution in [0.25, 0.3) is 10.9 Å². The number of nitrogens with zero attached hydrogens (tertiary/aromatic N) is 1. The molecular weight excluding hydrogens is 587 g/mol. The molecule has 7 rings (SSSR count). The fourth-order valence-corrected chi connectivity index (χ4v) is 7.68. The van der Waals surface area contributed by atoms with Gasteiger partial charge in [-0.05, 0) is 85.2 Å². The van der Waals surface area contributed by atoms with E-state index in [0.717, 1.165) is 22.8 Å². The lowest BCUT2D eigenvalue weighted by Crippen LogP contribution is -2.24. The molecule has 10 nitrogen and oxygen atoms in total. The summed E-state index contributed by atoms with van der Waals surface area (Å²) in [4.78, 5) is 45.6. The summed E-state index contributed by atoms with van der Waals surface area (Å²) in [6.07, 6.45) is 2.07. The van der Waals surface area contributed by atoms with Crippen LogP contribution in [0.15, 0.2) is 58.5 Å². The highest BCUT2D eigenvalue weighted by Gasteiger charge is 2.38. The minimum absolute atomic E-state index is 0.0433. The van der Waals surface area contributed by atoms with E-state index in [1.54, 1.807) is 6.07 Å². The van der Waals surface area contributed by atoms with E-state index in [0.29, 0.717) is 36.1 Å². The van der Waals surface area contributed by atoms with Crippen molar-refractivity contribution < 1.29 is 27.1 Å². The van der Waals surface area contributed by atoms with Crippen LogP contribution in [-0.4, -0.2) is 42.1 Å². The van der Waals surface area contributed by atoms with Crippen LogP contribution in [0.2, 0.25) is 0 Å². The van der Waals surface area contributed by atoms with Gasteiger partial charge < -0.3 is 15.0 Å². The summed E-state index contributed by atoms with van der Waals surface area (Å²) in [5.41, 5.74) is 3.68. The van der Waals surface area contributed by atoms with Crippen molar-refractivity contribution in [1.29, 1.82) is 0 Å². The van der Waals surface area contributed by atoms with E-state index in [1.807, 2.05) is 26.0 Å². The predicted molar refractivity (Wildman–Crippen MR) is 163 cm³/mol. The largest absolute Gasteiger partial charge is 0.449 e. The van der Waals surface area contributed by atoms with E-state index in [-0.39, 0.29) is 46.7 Å². The molecule has 1 aliphatic carbocycles. The Bertz CT molecular complexity index is 1960. The van der Waals surface area contributed by atoms with Crippen LogP contribution in [0, 0.1) is 19.7 Å². The summed E-state index contributed by atoms with van der Waals surface area (Å²) in [5.74, 6) is -0.991. The van der Waals surface area contributed by atoms with E-state index in [9.17, 15) is 22.8 Å². The molecule has 3 aliphatic rings. The van der Waals surface area contributed by atoms with Gasteiger partial charge in [0.05, 0.1) is 39.7 Å². The van der Waals surface area contributed by atoms with E-state index in [2.05, 4.69) is 20.6 Å². The molecule has 1 aromatic heterocycles. The van der Waals surface area contributed by atoms with Crippen molar-refractivity contribution in [3.63, 3.8) is 0 Å². The molecule has 0 radical (unpaired) electrons. The Labute approximate surface area is 253 Å². The van der Waals surface area contributed by atoms with Crippen LogP contribution < -0.4 is 16.2 Å². The van der Waals surface area contributed by atoms with Gasteiger partial charge in [-0.3, -0.25) is 14.9 Å². The number of hydrogen-bond acceptors (Lipinski definition) is 8. The summed E-state index contributed by atoms with van der Waals surface area (Å²) < 4.78 is 47.2. The van der Waals surface area contributed by atoms with Crippen molar-refractivity contribution >= 4 is 44.0 Å². The highest BCUT2D eigenvalue weighted by molar-refractivity contribution is 7.92. The summed E-state index contributed by atoms with van der Waals surface area (Å²) in [6, 6.07) is 9.66. The third-order valence-corrected chi connectivity index (χ3v) is 10.6. The molecule has 1 amide bonds. The molecule has 3 aromatic carbocycles. The molecule has 3 N–H and O–H groups in total. The zero-order valence-corrected chi connectivity index (χ0v) is 25.0. The highest BCUT2D eigenvalue weighted by atomic mass is 32.2. The fourth-order valence-electron chi connectivity index (χ4n) is 5.78. The van der Waals surface area contributed by atoms with Crippen LogP contribution in [0.5, 0.6) is 0 Å². The van der Waals surface area contributed by atoms with E-state index >= 15 is 4.39 Å². The molecule has 1 unspecified atom stereocenters. The number of carbonyl (C=O) groups is 2. The smallest absolute Gasteiger partial charge is 0.411 e. The van der Waals surface area contributed by atoms with Gasteiger partial charge in [-0.1, -0.05) is 12.1 Å². The van der Waals surface area contributed by atoms with Crippen molar-refractivity contribution in [2.45, 2.75) is 62.1 Å². The Morgan fingerprint density at radius 2 is 1.73 bits per heavy atom. The quantitative estimate of drug-likeness (QED) is 0.287. The number of ether oxygens (including phenoxy) is 1. The monoisotopic (exact) mass is 618 g/mol. The predicted octanol–water partition coefficient (Wildman–Crippen LogP) is 5.07. The molecule has 228 valence electrons. The van der Waals surface area contributed by atoms with Crippen molar-refractivity contribution in [3.8, 4) is 0 Å². The molecule has 3 heterocycles. The maximum atomic E-state index is 15.3. The van der Waals surface area contributed by atoms with Crippen LogP contribution >= 0.6 is 0 Å². The third-order valence-electron chi connectivity index (χ3n) is 8.21. The number of amides is 1. The molecule has 1 saturated carbocycles. The maximum Gasteiger partial charge on any atom is 0.411 e. The van der Waals surface area contributed by atoms with Crippen molar-refractivity contribution in [1.82, 2.24) is 9.97 Å². The van der Waals surface area contributed by atoms with Gasteiger partial charge in [0.25, 0.3) is 5.56 Å². The molecule has 44 heavy (non-hydrogen) atoms. The third kappa shape index (κ3) is 5.81. The number of fused-ring (bicyclic) bond motifs is 10. The summed E-state index contributed by atoms with van der Waals surface area (Å²) in [5, 5.41) is 5.39. The van der Waals surface area contributed by atoms with Crippen LogP contribution in [0.3, 0.4) is 0 Å². The van der Waals surface area contributed by atoms with Gasteiger partial charge >= 0.3 is 6.09 Å². The topological polar surface area (TPSA) is 147 Å². The van der Waals surface area contributed by atoms with E-state index in [4.69, 9.17) is 4.74 Å². The Balaban J connectivity index is 1.43. The standard InChI is InChI=1S/C32H31FN4O6S/c1-17-11-20-12-18(2)23(17)9-10-43-32(40)36-21-4-8-29(44(41,42)22-5-6-22)19(13-21)3-7-28(38)30(20)37-27-14-24-26(15-25(27)33)34-16-35-31(24)39/h4,8,11-16,22,30,37H,3,5-7,9-10H2,1-2H3,(H,36,40)(H,34,35,39). The summed E-state index contributed by atoms with van der Waals surface area (Å²) in [7, 11) is -3.61. The molecule has 0 spiro atoms. The molecule has 2 aliphatic heterocycles. The number of aromatic amines is 1. The van der Waals surface area contributed by atoms with Gasteiger partial charge in [-0.2, -0.15) is 0 Å². The Morgan fingerprint density at radius 1 is 0.977 bits per heavy atom. The number of rotatable bonds is 4. The lowest BCUT2D eigenvalue weighted by Gasteiger charge is -2.23. The van der Waals surface area contributed by atoms with E-state index < -0.39 is 38.6 Å². The van der Waals surface area contributed by atoms with Gasteiger partial charge in [0, 0.05) is 24.6 Å². The minimum atomic E-state index is -3.61. The number of anilines is 2. The zero-order chi connectivity index (χ0) is 31.2. The Hall–Kier alpha value is -4.58. The molecule has 1 fully saturated rings. The SMILES string of the molecule is Cc1cc2cc(C)c1CCOC(=O)Nc1ccc(S(=O)(=O)C3CC3)c(c1)CCC(=O)C2Nc1cc2c(=O)[nH]cnc2cc1F. The second kappa shape index (κ2) is 11.5. The summed E-state index contributed by atoms with van der Waals surface area (Å²) >= 11 is 0. The molecule has 4 bridgehead atoms. The van der Waals surface area contributed by atoms with Crippen molar-refractivity contribution in [2.24, 2.45) is 0 Å². The van der Waals surface area contributed by atoms with Gasteiger partial charge in [0.2, 0.25) is 0 Å². The fraction of sp³-hybridized carbons (Fsp3) is 0.312. The lowest BCUT2D eigenvalue weighted by molar-refractivity contribution is -0.119. The van der Waals surface area contributed by atoms with Crippen LogP contribution in [0.1, 0.15) is 53.1 Å². The zero-order valence-electron chi connectivity index (χ0n) is 24.2. The average Bonchev–Trinajstić information content (AvgIpc) is 3.83. The van der Waals surface area contributed by atoms with E-state index in [1.165, 1.54) is 24.5 Å². The number of carbonyl (C=O) groups excluding carboxylic acids is 2. The number of nitrogens with one attached hydrogen (secondary N) is 3. The molecule has 1 atom stereocenters. The molecule has 4 aromatic rings. The maximum absolute atomic E-state index is 15.3. The number of aromatic nitrogens is 2. The highest BCUT2D eigenvalue weighted by Crippen LogP contribution is 2.37. The first kappa shape index (κ1) is 29.5. The number of H-pyrrole nitrogens is 1. The van der Waals surface area contributed by atoms with Gasteiger partial charge in [0.15, 0.2) is 15.6 Å². The van der Waals surface area contributed by atoms with Crippen molar-refractivity contribution in [2.75, 3.05) is 17.2 Å². The van der Waals surface area contributed by atoms with Gasteiger partial charge in [0.1, 0.15) is 11.9 Å².